The fourth-order valence-electron chi connectivity index (χ4n) is 3.81. The van der Waals surface area contributed by atoms with Crippen LogP contribution < -0.4 is 15.8 Å². The van der Waals surface area contributed by atoms with E-state index in [1.54, 1.807) is 25.2 Å². The third kappa shape index (κ3) is 4.29. The number of aromatic nitrogens is 1. The number of hydrogen-bond donors (Lipinski definition) is 2. The molecule has 0 spiro atoms. The molecule has 1 aliphatic carbocycles. The van der Waals surface area contributed by atoms with E-state index in [9.17, 15) is 9.59 Å². The predicted octanol–water partition coefficient (Wildman–Crippen LogP) is 4.09. The van der Waals surface area contributed by atoms with E-state index in [4.69, 9.17) is 22.1 Å². The molecular formula is C23H28ClN3O3. The molecule has 7 heteroatoms. The lowest BCUT2D eigenvalue weighted by Crippen LogP contribution is -2.43. The minimum atomic E-state index is -0.934. The van der Waals surface area contributed by atoms with Crippen molar-refractivity contribution in [3.8, 4) is 17.0 Å². The summed E-state index contributed by atoms with van der Waals surface area (Å²) in [5.41, 5.74) is 6.58. The van der Waals surface area contributed by atoms with Crippen molar-refractivity contribution in [2.24, 2.45) is 11.7 Å². The van der Waals surface area contributed by atoms with Crippen LogP contribution in [0.15, 0.2) is 30.3 Å². The van der Waals surface area contributed by atoms with E-state index in [0.29, 0.717) is 47.4 Å². The molecule has 0 atom stereocenters. The lowest BCUT2D eigenvalue weighted by Gasteiger charge is -2.32. The number of rotatable bonds is 9. The Labute approximate surface area is 182 Å². The molecule has 1 aromatic heterocycles. The maximum absolute atomic E-state index is 12.9. The Morgan fingerprint density at radius 2 is 1.97 bits per heavy atom. The van der Waals surface area contributed by atoms with Gasteiger partial charge in [-0.3, -0.25) is 9.59 Å². The first-order valence-corrected chi connectivity index (χ1v) is 10.7. The van der Waals surface area contributed by atoms with E-state index in [2.05, 4.69) is 10.3 Å². The second-order valence-electron chi connectivity index (χ2n) is 7.73. The number of ether oxygens (including phenoxy) is 1. The number of hydrogen-bond acceptors (Lipinski definition) is 4. The molecule has 1 aliphatic rings. The molecule has 160 valence electrons. The van der Waals surface area contributed by atoms with Crippen LogP contribution in [0.4, 0.5) is 0 Å². The number of likely N-dealkylation sites (N-methyl/N-ethyl adjacent to an activating group) is 1. The summed E-state index contributed by atoms with van der Waals surface area (Å²) >= 11 is 6.18. The quantitative estimate of drug-likeness (QED) is 0.627. The van der Waals surface area contributed by atoms with E-state index in [-0.39, 0.29) is 11.6 Å². The number of carbonyl (C=O) groups excluding carboxylic acids is 2. The Kier molecular flexibility index (Phi) is 6.66. The van der Waals surface area contributed by atoms with Gasteiger partial charge in [-0.25, -0.2) is 4.98 Å². The van der Waals surface area contributed by atoms with Gasteiger partial charge in [0, 0.05) is 23.2 Å². The molecule has 3 N–H and O–H groups in total. The molecule has 30 heavy (non-hydrogen) atoms. The summed E-state index contributed by atoms with van der Waals surface area (Å²) in [6, 6.07) is 8.98. The van der Waals surface area contributed by atoms with Crippen LogP contribution in [-0.4, -0.2) is 30.5 Å². The first-order chi connectivity index (χ1) is 14.4. The van der Waals surface area contributed by atoms with Gasteiger partial charge in [-0.1, -0.05) is 37.6 Å². The summed E-state index contributed by atoms with van der Waals surface area (Å²) in [6.45, 7) is 4.40. The number of amides is 2. The smallest absolute Gasteiger partial charge is 0.267 e. The van der Waals surface area contributed by atoms with Crippen LogP contribution in [0.2, 0.25) is 5.02 Å². The van der Waals surface area contributed by atoms with Crippen LogP contribution in [0.1, 0.15) is 55.6 Å². The average molecular weight is 430 g/mol. The molecular weight excluding hydrogens is 402 g/mol. The monoisotopic (exact) mass is 429 g/mol. The van der Waals surface area contributed by atoms with Gasteiger partial charge in [-0.15, -0.1) is 0 Å². The van der Waals surface area contributed by atoms with Gasteiger partial charge < -0.3 is 15.8 Å². The molecule has 0 bridgehead atoms. The Morgan fingerprint density at radius 1 is 1.27 bits per heavy atom. The van der Waals surface area contributed by atoms with Crippen molar-refractivity contribution in [3.05, 3.63) is 46.6 Å². The Bertz CT molecular complexity index is 953. The first-order valence-electron chi connectivity index (χ1n) is 10.3. The van der Waals surface area contributed by atoms with Gasteiger partial charge in [-0.05, 0) is 49.8 Å². The SMILES string of the molecule is CCC(CC)(C(=O)NC)c1cc(OCC2CC2)c(-c2cccc(Cl)c2)nc1C(N)=O. The lowest BCUT2D eigenvalue weighted by molar-refractivity contribution is -0.126. The number of nitrogens with one attached hydrogen (secondary N) is 1. The molecule has 6 nitrogen and oxygen atoms in total. The average Bonchev–Trinajstić information content (AvgIpc) is 3.57. The largest absolute Gasteiger partial charge is 0.491 e. The van der Waals surface area contributed by atoms with Gasteiger partial charge in [0.15, 0.2) is 0 Å². The minimum Gasteiger partial charge on any atom is -0.491 e. The van der Waals surface area contributed by atoms with Crippen LogP contribution in [0.3, 0.4) is 0 Å². The Balaban J connectivity index is 2.25. The normalized spacial score (nSPS) is 13.7. The van der Waals surface area contributed by atoms with Crippen LogP contribution >= 0.6 is 11.6 Å². The highest BCUT2D eigenvalue weighted by molar-refractivity contribution is 6.30. The number of halogens is 1. The highest BCUT2D eigenvalue weighted by atomic mass is 35.5. The molecule has 1 fully saturated rings. The number of primary amides is 1. The zero-order chi connectivity index (χ0) is 21.9. The van der Waals surface area contributed by atoms with E-state index in [0.717, 1.165) is 18.4 Å². The number of nitrogens with two attached hydrogens (primary N) is 1. The van der Waals surface area contributed by atoms with Gasteiger partial charge in [0.2, 0.25) is 5.91 Å². The molecule has 0 radical (unpaired) electrons. The van der Waals surface area contributed by atoms with Gasteiger partial charge in [0.25, 0.3) is 5.91 Å². The number of carbonyl (C=O) groups is 2. The van der Waals surface area contributed by atoms with E-state index in [1.807, 2.05) is 26.0 Å². The minimum absolute atomic E-state index is 0.0797. The molecule has 0 saturated heterocycles. The van der Waals surface area contributed by atoms with Gasteiger partial charge >= 0.3 is 0 Å². The number of benzene rings is 1. The second-order valence-corrected chi connectivity index (χ2v) is 8.17. The fraction of sp³-hybridized carbons (Fsp3) is 0.435. The molecule has 3 rings (SSSR count). The summed E-state index contributed by atoms with van der Waals surface area (Å²) in [5.74, 6) is 0.189. The van der Waals surface area contributed by atoms with Crippen LogP contribution in [0.5, 0.6) is 5.75 Å². The zero-order valence-electron chi connectivity index (χ0n) is 17.6. The van der Waals surface area contributed by atoms with Crippen LogP contribution in [0.25, 0.3) is 11.3 Å². The molecule has 1 saturated carbocycles. The summed E-state index contributed by atoms with van der Waals surface area (Å²) in [6.07, 6.45) is 3.25. The van der Waals surface area contributed by atoms with Crippen molar-refractivity contribution >= 4 is 23.4 Å². The summed E-state index contributed by atoms with van der Waals surface area (Å²) in [7, 11) is 1.59. The summed E-state index contributed by atoms with van der Waals surface area (Å²) in [4.78, 5) is 29.9. The van der Waals surface area contributed by atoms with Gasteiger partial charge in [0.1, 0.15) is 17.1 Å². The molecule has 0 aliphatic heterocycles. The summed E-state index contributed by atoms with van der Waals surface area (Å²) < 4.78 is 6.14. The Hall–Kier alpha value is -2.60. The Morgan fingerprint density at radius 3 is 2.50 bits per heavy atom. The first kappa shape index (κ1) is 22.1. The van der Waals surface area contributed by atoms with Crippen molar-refractivity contribution in [1.29, 1.82) is 0 Å². The van der Waals surface area contributed by atoms with Gasteiger partial charge in [0.05, 0.1) is 12.0 Å². The topological polar surface area (TPSA) is 94.3 Å². The maximum atomic E-state index is 12.9. The highest BCUT2D eigenvalue weighted by Crippen LogP contribution is 2.40. The van der Waals surface area contributed by atoms with Gasteiger partial charge in [-0.2, -0.15) is 0 Å². The lowest BCUT2D eigenvalue weighted by atomic mass is 9.73. The summed E-state index contributed by atoms with van der Waals surface area (Å²) in [5, 5.41) is 3.28. The van der Waals surface area contributed by atoms with Crippen molar-refractivity contribution in [2.75, 3.05) is 13.7 Å². The van der Waals surface area contributed by atoms with Crippen molar-refractivity contribution < 1.29 is 14.3 Å². The molecule has 2 amide bonds. The third-order valence-corrected chi connectivity index (χ3v) is 6.11. The predicted molar refractivity (Wildman–Crippen MR) is 118 cm³/mol. The number of nitrogens with zero attached hydrogens (tertiary/aromatic N) is 1. The molecule has 0 unspecified atom stereocenters. The standard InChI is InChI=1S/C23H28ClN3O3/c1-4-23(5-2,22(29)26-3)17-12-18(30-13-14-9-10-14)19(27-20(17)21(25)28)15-7-6-8-16(24)11-15/h6-8,11-12,14H,4-5,9-10,13H2,1-3H3,(H2,25,28)(H,26,29). The maximum Gasteiger partial charge on any atom is 0.267 e. The highest BCUT2D eigenvalue weighted by Gasteiger charge is 2.40. The van der Waals surface area contributed by atoms with E-state index in [1.165, 1.54) is 0 Å². The second kappa shape index (κ2) is 9.04. The van der Waals surface area contributed by atoms with Crippen LogP contribution in [-0.2, 0) is 10.2 Å². The van der Waals surface area contributed by atoms with Crippen LogP contribution in [0, 0.1) is 5.92 Å². The third-order valence-electron chi connectivity index (χ3n) is 5.87. The van der Waals surface area contributed by atoms with Crippen molar-refractivity contribution in [2.45, 2.75) is 44.9 Å². The van der Waals surface area contributed by atoms with Crippen molar-refractivity contribution in [1.82, 2.24) is 10.3 Å². The zero-order valence-corrected chi connectivity index (χ0v) is 18.4. The fourth-order valence-corrected chi connectivity index (χ4v) is 4.00. The molecule has 2 aromatic rings. The number of pyridine rings is 1. The molecule has 1 heterocycles. The van der Waals surface area contributed by atoms with Crippen molar-refractivity contribution in [3.63, 3.8) is 0 Å². The van der Waals surface area contributed by atoms with E-state index >= 15 is 0 Å². The van der Waals surface area contributed by atoms with E-state index < -0.39 is 11.3 Å². The molecule has 1 aromatic carbocycles.